The van der Waals surface area contributed by atoms with Crippen molar-refractivity contribution in [1.29, 1.82) is 0 Å². The fraction of sp³-hybridized carbons (Fsp3) is 1.00. The maximum atomic E-state index is 9.02. The molecule has 2 N–H and O–H groups in total. The lowest BCUT2D eigenvalue weighted by Crippen LogP contribution is -2.33. The molecule has 0 spiro atoms. The Labute approximate surface area is 62.9 Å². The molecular weight excluding hydrogens is 128 g/mol. The van der Waals surface area contributed by atoms with E-state index in [1.807, 2.05) is 20.8 Å². The minimum atomic E-state index is -1.16. The molecule has 0 aromatic carbocycles. The third kappa shape index (κ3) is 1.70. The Morgan fingerprint density at radius 2 is 1.30 bits per heavy atom. The molecule has 0 aliphatic heterocycles. The highest BCUT2D eigenvalue weighted by atomic mass is 16.5. The highest BCUT2D eigenvalue weighted by Gasteiger charge is 2.30. The molecule has 0 fully saturated rings. The number of hydrogen-bond donors (Lipinski definition) is 2. The predicted molar refractivity (Wildman–Crippen MR) is 41.5 cm³/mol. The topological polar surface area (TPSA) is 40.5 Å². The largest absolute Gasteiger partial charge is 0.368 e. The molecule has 0 rings (SSSR count). The summed E-state index contributed by atoms with van der Waals surface area (Å²) >= 11 is 0. The quantitative estimate of drug-likeness (QED) is 0.590. The molecule has 0 aliphatic carbocycles. The van der Waals surface area contributed by atoms with Gasteiger partial charge < -0.3 is 10.2 Å². The number of aliphatic hydroxyl groups is 2. The first kappa shape index (κ1) is 9.92. The number of hydrogen-bond acceptors (Lipinski definition) is 2. The lowest BCUT2D eigenvalue weighted by Gasteiger charge is -2.31. The van der Waals surface area contributed by atoms with Gasteiger partial charge in [-0.3, -0.25) is 0 Å². The Bertz CT molecular complexity index is 77.0. The molecule has 2 heteroatoms. The second kappa shape index (κ2) is 3.94. The Kier molecular flexibility index (Phi) is 3.91. The smallest absolute Gasteiger partial charge is 0.157 e. The van der Waals surface area contributed by atoms with Gasteiger partial charge in [0.2, 0.25) is 0 Å². The third-order valence-corrected chi connectivity index (χ3v) is 2.66. The van der Waals surface area contributed by atoms with Crippen molar-refractivity contribution < 1.29 is 10.2 Å². The zero-order valence-corrected chi connectivity index (χ0v) is 7.09. The summed E-state index contributed by atoms with van der Waals surface area (Å²) in [5.41, 5.74) is -0.264. The van der Waals surface area contributed by atoms with E-state index in [2.05, 4.69) is 0 Å². The van der Waals surface area contributed by atoms with E-state index < -0.39 is 6.29 Å². The Morgan fingerprint density at radius 1 is 1.00 bits per heavy atom. The van der Waals surface area contributed by atoms with E-state index in [4.69, 9.17) is 10.2 Å². The molecular formula is C8H18O2. The zero-order valence-electron chi connectivity index (χ0n) is 7.09. The maximum absolute atomic E-state index is 9.02. The normalized spacial score (nSPS) is 12.6. The minimum Gasteiger partial charge on any atom is -0.368 e. The summed E-state index contributed by atoms with van der Waals surface area (Å²) in [5, 5.41) is 18.0. The van der Waals surface area contributed by atoms with Crippen LogP contribution in [0.25, 0.3) is 0 Å². The monoisotopic (exact) mass is 146 g/mol. The van der Waals surface area contributed by atoms with Crippen molar-refractivity contribution in [1.82, 2.24) is 0 Å². The summed E-state index contributed by atoms with van der Waals surface area (Å²) in [4.78, 5) is 0. The first-order valence-corrected chi connectivity index (χ1v) is 3.99. The highest BCUT2D eigenvalue weighted by molar-refractivity contribution is 4.76. The molecule has 2 nitrogen and oxygen atoms in total. The van der Waals surface area contributed by atoms with Crippen LogP contribution in [0.15, 0.2) is 0 Å². The van der Waals surface area contributed by atoms with Crippen LogP contribution in [-0.4, -0.2) is 16.5 Å². The summed E-state index contributed by atoms with van der Waals surface area (Å²) in [6.45, 7) is 5.98. The van der Waals surface area contributed by atoms with Gasteiger partial charge in [0, 0.05) is 5.41 Å². The molecule has 0 aromatic heterocycles. The van der Waals surface area contributed by atoms with E-state index >= 15 is 0 Å². The number of aliphatic hydroxyl groups excluding tert-OH is 1. The van der Waals surface area contributed by atoms with Gasteiger partial charge in [0.05, 0.1) is 0 Å². The standard InChI is InChI=1S/C8H18O2/c1-4-8(5-2,6-3)7(9)10/h7,9-10H,4-6H2,1-3H3. The average Bonchev–Trinajstić information content (AvgIpc) is 1.92. The molecule has 0 radical (unpaired) electrons. The summed E-state index contributed by atoms with van der Waals surface area (Å²) < 4.78 is 0. The average molecular weight is 146 g/mol. The molecule has 0 aromatic rings. The van der Waals surface area contributed by atoms with Gasteiger partial charge in [-0.05, 0) is 19.3 Å². The molecule has 0 aliphatic rings. The van der Waals surface area contributed by atoms with Crippen LogP contribution in [0.5, 0.6) is 0 Å². The van der Waals surface area contributed by atoms with Crippen LogP contribution in [0.1, 0.15) is 40.0 Å². The third-order valence-electron chi connectivity index (χ3n) is 2.66. The molecule has 0 unspecified atom stereocenters. The Hall–Kier alpha value is -0.0800. The number of rotatable bonds is 4. The van der Waals surface area contributed by atoms with E-state index in [0.29, 0.717) is 0 Å². The van der Waals surface area contributed by atoms with Gasteiger partial charge in [-0.15, -0.1) is 0 Å². The Balaban J connectivity index is 4.15. The van der Waals surface area contributed by atoms with Crippen molar-refractivity contribution in [3.8, 4) is 0 Å². The van der Waals surface area contributed by atoms with Crippen molar-refractivity contribution >= 4 is 0 Å². The summed E-state index contributed by atoms with van der Waals surface area (Å²) in [7, 11) is 0. The van der Waals surface area contributed by atoms with Crippen molar-refractivity contribution in [3.63, 3.8) is 0 Å². The van der Waals surface area contributed by atoms with Crippen molar-refractivity contribution in [2.75, 3.05) is 0 Å². The second-order valence-corrected chi connectivity index (χ2v) is 2.80. The zero-order chi connectivity index (χ0) is 8.20. The van der Waals surface area contributed by atoms with E-state index in [1.165, 1.54) is 0 Å². The van der Waals surface area contributed by atoms with Gasteiger partial charge >= 0.3 is 0 Å². The summed E-state index contributed by atoms with van der Waals surface area (Å²) in [5.74, 6) is 0. The molecule has 0 saturated heterocycles. The maximum Gasteiger partial charge on any atom is 0.157 e. The lowest BCUT2D eigenvalue weighted by molar-refractivity contribution is -0.140. The van der Waals surface area contributed by atoms with Crippen molar-refractivity contribution in [2.24, 2.45) is 5.41 Å². The molecule has 0 heterocycles. The minimum absolute atomic E-state index is 0.264. The Morgan fingerprint density at radius 3 is 1.30 bits per heavy atom. The molecule has 0 saturated carbocycles. The van der Waals surface area contributed by atoms with E-state index in [-0.39, 0.29) is 5.41 Å². The van der Waals surface area contributed by atoms with Gasteiger partial charge in [0.15, 0.2) is 6.29 Å². The van der Waals surface area contributed by atoms with Crippen LogP contribution in [0.3, 0.4) is 0 Å². The lowest BCUT2D eigenvalue weighted by atomic mass is 9.79. The fourth-order valence-electron chi connectivity index (χ4n) is 1.30. The molecule has 0 bridgehead atoms. The first-order valence-electron chi connectivity index (χ1n) is 3.99. The van der Waals surface area contributed by atoms with Gasteiger partial charge in [-0.1, -0.05) is 20.8 Å². The van der Waals surface area contributed by atoms with Gasteiger partial charge in [0.1, 0.15) is 0 Å². The highest BCUT2D eigenvalue weighted by Crippen LogP contribution is 2.32. The van der Waals surface area contributed by atoms with Crippen molar-refractivity contribution in [2.45, 2.75) is 46.3 Å². The van der Waals surface area contributed by atoms with Crippen LogP contribution in [0, 0.1) is 5.41 Å². The molecule has 10 heavy (non-hydrogen) atoms. The summed E-state index contributed by atoms with van der Waals surface area (Å²) in [6, 6.07) is 0. The van der Waals surface area contributed by atoms with Crippen LogP contribution in [0.4, 0.5) is 0 Å². The van der Waals surface area contributed by atoms with E-state index in [9.17, 15) is 0 Å². The fourth-order valence-corrected chi connectivity index (χ4v) is 1.30. The second-order valence-electron chi connectivity index (χ2n) is 2.80. The predicted octanol–water partition coefficient (Wildman–Crippen LogP) is 1.51. The molecule has 0 atom stereocenters. The van der Waals surface area contributed by atoms with Crippen molar-refractivity contribution in [3.05, 3.63) is 0 Å². The van der Waals surface area contributed by atoms with E-state index in [1.54, 1.807) is 0 Å². The summed E-state index contributed by atoms with van der Waals surface area (Å²) in [6.07, 6.45) is 1.33. The molecule has 62 valence electrons. The van der Waals surface area contributed by atoms with Crippen LogP contribution < -0.4 is 0 Å². The SMILES string of the molecule is CCC(CC)(CC)C(O)O. The van der Waals surface area contributed by atoms with Crippen LogP contribution in [0.2, 0.25) is 0 Å². The van der Waals surface area contributed by atoms with Gasteiger partial charge in [-0.2, -0.15) is 0 Å². The first-order chi connectivity index (χ1) is 4.63. The van der Waals surface area contributed by atoms with Crippen LogP contribution in [-0.2, 0) is 0 Å². The van der Waals surface area contributed by atoms with E-state index in [0.717, 1.165) is 19.3 Å². The van der Waals surface area contributed by atoms with Gasteiger partial charge in [0.25, 0.3) is 0 Å². The molecule has 0 amide bonds. The van der Waals surface area contributed by atoms with Gasteiger partial charge in [-0.25, -0.2) is 0 Å². The van der Waals surface area contributed by atoms with Crippen LogP contribution >= 0.6 is 0 Å².